The maximum atomic E-state index is 8.88. The van der Waals surface area contributed by atoms with E-state index in [-0.39, 0.29) is 13.2 Å². The Kier molecular flexibility index (Phi) is 6.68. The fourth-order valence-corrected chi connectivity index (χ4v) is 1.58. The Morgan fingerprint density at radius 3 is 1.05 bits per heavy atom. The number of aliphatic hydroxyl groups excluding tert-OH is 8. The topological polar surface area (TPSA) is 180 Å². The van der Waals surface area contributed by atoms with E-state index in [0.29, 0.717) is 0 Å². The molecule has 8 N–H and O–H groups in total. The zero-order chi connectivity index (χ0) is 15.4. The summed E-state index contributed by atoms with van der Waals surface area (Å²) in [7, 11) is 0. The first kappa shape index (κ1) is 17.7. The highest BCUT2D eigenvalue weighted by molar-refractivity contribution is 4.81. The monoisotopic (exact) mass is 300 g/mol. The molecule has 2 aliphatic heterocycles. The van der Waals surface area contributed by atoms with Crippen LogP contribution in [0.5, 0.6) is 0 Å². The van der Waals surface area contributed by atoms with E-state index >= 15 is 0 Å². The maximum absolute atomic E-state index is 8.88. The number of ether oxygens (including phenoxy) is 2. The van der Waals surface area contributed by atoms with Crippen molar-refractivity contribution in [1.82, 2.24) is 0 Å². The van der Waals surface area contributed by atoms with Crippen LogP contribution in [0.3, 0.4) is 0 Å². The van der Waals surface area contributed by atoms with Crippen molar-refractivity contribution in [2.45, 2.75) is 49.2 Å². The third kappa shape index (κ3) is 4.30. The molecule has 2 aliphatic rings. The van der Waals surface area contributed by atoms with Gasteiger partial charge >= 0.3 is 0 Å². The van der Waals surface area contributed by atoms with E-state index in [1.807, 2.05) is 0 Å². The number of hydrogen-bond donors (Lipinski definition) is 8. The molecule has 0 unspecified atom stereocenters. The molecule has 2 fully saturated rings. The van der Waals surface area contributed by atoms with E-state index < -0.39 is 49.2 Å². The molecule has 0 bridgehead atoms. The van der Waals surface area contributed by atoms with Crippen LogP contribution in [0.4, 0.5) is 0 Å². The summed E-state index contributed by atoms with van der Waals surface area (Å²) in [6, 6.07) is 0. The van der Waals surface area contributed by atoms with Crippen LogP contribution in [-0.2, 0) is 9.47 Å². The predicted octanol–water partition coefficient (Wildman–Crippen LogP) is -5.16. The Bertz CT molecular complexity index is 233. The van der Waals surface area contributed by atoms with Gasteiger partial charge in [-0.15, -0.1) is 0 Å². The average Bonchev–Trinajstić information content (AvgIpc) is 2.43. The van der Waals surface area contributed by atoms with Crippen LogP contribution in [0.2, 0.25) is 0 Å². The second-order valence-corrected chi connectivity index (χ2v) is 4.54. The molecule has 8 atom stereocenters. The minimum absolute atomic E-state index is 0.153. The van der Waals surface area contributed by atoms with Crippen LogP contribution >= 0.6 is 0 Å². The first-order chi connectivity index (χ1) is 9.25. The van der Waals surface area contributed by atoms with Crippen molar-refractivity contribution in [3.63, 3.8) is 0 Å². The van der Waals surface area contributed by atoms with Gasteiger partial charge in [0.15, 0.2) is 12.6 Å². The van der Waals surface area contributed by atoms with Gasteiger partial charge in [0.05, 0.1) is 13.2 Å². The highest BCUT2D eigenvalue weighted by Crippen LogP contribution is 2.13. The zero-order valence-electron chi connectivity index (χ0n) is 10.4. The van der Waals surface area contributed by atoms with Gasteiger partial charge in [-0.05, 0) is 0 Å². The van der Waals surface area contributed by atoms with E-state index in [2.05, 4.69) is 9.47 Å². The third-order valence-electron chi connectivity index (χ3n) is 2.95. The standard InChI is InChI=1S/2C5H10O5/c2*6-2-1-10-5(9)4(8)3(2)7/h2*2-9H,1H2/t2*2-,3+,4+,5-/m11/s1. The van der Waals surface area contributed by atoms with Gasteiger partial charge in [0.1, 0.15) is 36.6 Å². The summed E-state index contributed by atoms with van der Waals surface area (Å²) in [5.74, 6) is 0. The molecule has 120 valence electrons. The van der Waals surface area contributed by atoms with Gasteiger partial charge in [-0.25, -0.2) is 0 Å². The van der Waals surface area contributed by atoms with Gasteiger partial charge in [0, 0.05) is 0 Å². The second-order valence-electron chi connectivity index (χ2n) is 4.54. The molecule has 0 saturated carbocycles. The van der Waals surface area contributed by atoms with Crippen molar-refractivity contribution in [3.8, 4) is 0 Å². The molecule has 0 aliphatic carbocycles. The fourth-order valence-electron chi connectivity index (χ4n) is 1.58. The molecule has 0 aromatic heterocycles. The van der Waals surface area contributed by atoms with E-state index in [4.69, 9.17) is 40.9 Å². The lowest BCUT2D eigenvalue weighted by molar-refractivity contribution is -0.252. The van der Waals surface area contributed by atoms with E-state index in [9.17, 15) is 0 Å². The molecular formula is C10H20O10. The lowest BCUT2D eigenvalue weighted by atomic mass is 10.1. The molecule has 0 radical (unpaired) electrons. The normalized spacial score (nSPS) is 49.2. The number of hydrogen-bond acceptors (Lipinski definition) is 10. The molecule has 20 heavy (non-hydrogen) atoms. The first-order valence-electron chi connectivity index (χ1n) is 5.93. The van der Waals surface area contributed by atoms with E-state index in [0.717, 1.165) is 0 Å². The van der Waals surface area contributed by atoms with Gasteiger partial charge in [0.25, 0.3) is 0 Å². The summed E-state index contributed by atoms with van der Waals surface area (Å²) in [5.41, 5.74) is 0. The van der Waals surface area contributed by atoms with Crippen LogP contribution in [-0.4, -0.2) is 103 Å². The van der Waals surface area contributed by atoms with Crippen LogP contribution in [0.15, 0.2) is 0 Å². The zero-order valence-corrected chi connectivity index (χ0v) is 10.4. The lowest BCUT2D eigenvalue weighted by Gasteiger charge is -2.31. The summed E-state index contributed by atoms with van der Waals surface area (Å²) in [6.45, 7) is -0.307. The highest BCUT2D eigenvalue weighted by Gasteiger charge is 2.36. The van der Waals surface area contributed by atoms with Crippen molar-refractivity contribution in [2.75, 3.05) is 13.2 Å². The second kappa shape index (κ2) is 7.56. The largest absolute Gasteiger partial charge is 0.388 e. The molecule has 2 heterocycles. The molecule has 0 aromatic rings. The summed E-state index contributed by atoms with van der Waals surface area (Å²) in [6.07, 6.45) is -10.5. The minimum atomic E-state index is -1.41. The lowest BCUT2D eigenvalue weighted by Crippen LogP contribution is -2.52. The van der Waals surface area contributed by atoms with Crippen LogP contribution in [0.1, 0.15) is 0 Å². The Balaban J connectivity index is 0.000000200. The molecule has 2 rings (SSSR count). The average molecular weight is 300 g/mol. The van der Waals surface area contributed by atoms with Gasteiger partial charge in [0.2, 0.25) is 0 Å². The van der Waals surface area contributed by atoms with Crippen LogP contribution < -0.4 is 0 Å². The molecule has 10 nitrogen and oxygen atoms in total. The van der Waals surface area contributed by atoms with Crippen molar-refractivity contribution >= 4 is 0 Å². The molecule has 0 amide bonds. The summed E-state index contributed by atoms with van der Waals surface area (Å²) >= 11 is 0. The first-order valence-corrected chi connectivity index (χ1v) is 5.93. The molecule has 10 heteroatoms. The molecular weight excluding hydrogens is 280 g/mol. The third-order valence-corrected chi connectivity index (χ3v) is 2.95. The van der Waals surface area contributed by atoms with Crippen LogP contribution in [0, 0.1) is 0 Å². The predicted molar refractivity (Wildman–Crippen MR) is 60.0 cm³/mol. The fraction of sp³-hybridized carbons (Fsp3) is 1.00. The molecule has 0 spiro atoms. The van der Waals surface area contributed by atoms with Crippen molar-refractivity contribution in [3.05, 3.63) is 0 Å². The summed E-state index contributed by atoms with van der Waals surface area (Å²) in [5, 5.41) is 70.5. The van der Waals surface area contributed by atoms with Gasteiger partial charge < -0.3 is 50.3 Å². The highest BCUT2D eigenvalue weighted by atomic mass is 16.6. The SMILES string of the molecule is O[C@@H]1[C@H](O)[C@H](O)OC[C@H]1O.O[C@@H]1[C@H](O)[C@H](O)OC[C@H]1O. The van der Waals surface area contributed by atoms with Gasteiger partial charge in [-0.3, -0.25) is 0 Å². The van der Waals surface area contributed by atoms with E-state index in [1.165, 1.54) is 0 Å². The van der Waals surface area contributed by atoms with Gasteiger partial charge in [-0.2, -0.15) is 0 Å². The Morgan fingerprint density at radius 1 is 0.500 bits per heavy atom. The summed E-state index contributed by atoms with van der Waals surface area (Å²) in [4.78, 5) is 0. The Labute approximate surface area is 114 Å². The number of rotatable bonds is 0. The minimum Gasteiger partial charge on any atom is -0.388 e. The van der Waals surface area contributed by atoms with Gasteiger partial charge in [-0.1, -0.05) is 0 Å². The Hall–Kier alpha value is -0.400. The maximum Gasteiger partial charge on any atom is 0.183 e. The Morgan fingerprint density at radius 2 is 0.800 bits per heavy atom. The van der Waals surface area contributed by atoms with Crippen molar-refractivity contribution < 1.29 is 50.3 Å². The molecule has 2 saturated heterocycles. The van der Waals surface area contributed by atoms with Crippen LogP contribution in [0.25, 0.3) is 0 Å². The van der Waals surface area contributed by atoms with Crippen molar-refractivity contribution in [2.24, 2.45) is 0 Å². The number of aliphatic hydroxyl groups is 8. The molecule has 0 aromatic carbocycles. The smallest absolute Gasteiger partial charge is 0.183 e. The quantitative estimate of drug-likeness (QED) is 0.215. The van der Waals surface area contributed by atoms with E-state index in [1.54, 1.807) is 0 Å². The van der Waals surface area contributed by atoms with Crippen molar-refractivity contribution in [1.29, 1.82) is 0 Å². The summed E-state index contributed by atoms with van der Waals surface area (Å²) < 4.78 is 8.94.